The Hall–Kier alpha value is -2.95. The number of hydrogen-bond donors (Lipinski definition) is 2. The maximum Gasteiger partial charge on any atom is 0.280 e. The predicted octanol–water partition coefficient (Wildman–Crippen LogP) is 2.21. The minimum Gasteiger partial charge on any atom is -0.347 e. The van der Waals surface area contributed by atoms with E-state index in [0.29, 0.717) is 11.0 Å². The molecule has 5 heteroatoms. The Balaban J connectivity index is 1.57. The largest absolute Gasteiger partial charge is 0.347 e. The van der Waals surface area contributed by atoms with Crippen LogP contribution in [-0.4, -0.2) is 21.9 Å². The van der Waals surface area contributed by atoms with Gasteiger partial charge in [-0.05, 0) is 42.5 Å². The third-order valence-electron chi connectivity index (χ3n) is 4.50. The van der Waals surface area contributed by atoms with E-state index in [1.54, 1.807) is 12.1 Å². The number of fused-ring (bicyclic) bond motifs is 2. The van der Waals surface area contributed by atoms with E-state index in [2.05, 4.69) is 27.4 Å². The normalized spacial score (nSPS) is 16.6. The lowest BCUT2D eigenvalue weighted by atomic mass is 9.88. The van der Waals surface area contributed by atoms with Gasteiger partial charge in [0.05, 0.1) is 11.0 Å². The number of para-hydroxylation sites is 2. The number of amides is 1. The Morgan fingerprint density at radius 1 is 1.08 bits per heavy atom. The third-order valence-corrected chi connectivity index (χ3v) is 4.50. The van der Waals surface area contributed by atoms with Gasteiger partial charge in [0.25, 0.3) is 11.5 Å². The molecular formula is C19H17N3O2. The van der Waals surface area contributed by atoms with Crippen LogP contribution in [0.4, 0.5) is 0 Å². The van der Waals surface area contributed by atoms with E-state index in [1.165, 1.54) is 11.1 Å². The summed E-state index contributed by atoms with van der Waals surface area (Å²) in [5, 5.41) is 2.96. The fraction of sp³-hybridized carbons (Fsp3) is 0.211. The molecule has 1 amide bonds. The average molecular weight is 319 g/mol. The molecule has 0 unspecified atom stereocenters. The number of H-pyrrole nitrogens is 1. The summed E-state index contributed by atoms with van der Waals surface area (Å²) in [5.41, 5.74) is 3.30. The molecule has 24 heavy (non-hydrogen) atoms. The quantitative estimate of drug-likeness (QED) is 0.760. The van der Waals surface area contributed by atoms with Gasteiger partial charge >= 0.3 is 0 Å². The molecule has 0 fully saturated rings. The van der Waals surface area contributed by atoms with Crippen LogP contribution in [0.25, 0.3) is 11.0 Å². The standard InChI is InChI=1S/C19H17N3O2/c23-18(17-19(24)22-16-8-4-3-7-15(16)21-17)20-14-10-9-12-5-1-2-6-13(12)11-14/h1-8,14H,9-11H2,(H,20,23)(H,22,24)/t14-/m1/s1. The Morgan fingerprint density at radius 2 is 1.83 bits per heavy atom. The number of aromatic nitrogens is 2. The summed E-state index contributed by atoms with van der Waals surface area (Å²) in [6.07, 6.45) is 2.59. The SMILES string of the molecule is O=C(N[C@@H]1CCc2ccccc2C1)c1nc2ccccc2[nH]c1=O. The van der Waals surface area contributed by atoms with Crippen LogP contribution in [0.2, 0.25) is 0 Å². The summed E-state index contributed by atoms with van der Waals surface area (Å²) in [5.74, 6) is -0.411. The zero-order chi connectivity index (χ0) is 16.5. The molecule has 5 nitrogen and oxygen atoms in total. The van der Waals surface area contributed by atoms with Crippen molar-refractivity contribution in [2.75, 3.05) is 0 Å². The lowest BCUT2D eigenvalue weighted by Gasteiger charge is -2.25. The van der Waals surface area contributed by atoms with E-state index in [-0.39, 0.29) is 11.7 Å². The maximum atomic E-state index is 12.5. The van der Waals surface area contributed by atoms with Crippen molar-refractivity contribution in [1.29, 1.82) is 0 Å². The van der Waals surface area contributed by atoms with Crippen molar-refractivity contribution in [3.63, 3.8) is 0 Å². The van der Waals surface area contributed by atoms with Gasteiger partial charge in [0.2, 0.25) is 0 Å². The van der Waals surface area contributed by atoms with Gasteiger partial charge < -0.3 is 10.3 Å². The first-order valence-electron chi connectivity index (χ1n) is 8.07. The molecule has 2 aromatic carbocycles. The Morgan fingerprint density at radius 3 is 2.71 bits per heavy atom. The minimum atomic E-state index is -0.456. The van der Waals surface area contributed by atoms with Crippen molar-refractivity contribution in [3.05, 3.63) is 75.7 Å². The number of carbonyl (C=O) groups excluding carboxylic acids is 1. The van der Waals surface area contributed by atoms with Gasteiger partial charge in [-0.15, -0.1) is 0 Å². The van der Waals surface area contributed by atoms with Crippen molar-refractivity contribution in [1.82, 2.24) is 15.3 Å². The van der Waals surface area contributed by atoms with Crippen LogP contribution in [0.1, 0.15) is 28.0 Å². The van der Waals surface area contributed by atoms with E-state index >= 15 is 0 Å². The van der Waals surface area contributed by atoms with Gasteiger partial charge in [-0.25, -0.2) is 4.98 Å². The van der Waals surface area contributed by atoms with E-state index in [4.69, 9.17) is 0 Å². The first-order valence-corrected chi connectivity index (χ1v) is 8.07. The average Bonchev–Trinajstić information content (AvgIpc) is 2.61. The smallest absolute Gasteiger partial charge is 0.280 e. The number of nitrogens with zero attached hydrogens (tertiary/aromatic N) is 1. The van der Waals surface area contributed by atoms with Crippen LogP contribution in [0.3, 0.4) is 0 Å². The number of benzene rings is 2. The van der Waals surface area contributed by atoms with Crippen LogP contribution in [0.15, 0.2) is 53.3 Å². The van der Waals surface area contributed by atoms with Crippen LogP contribution < -0.4 is 10.9 Å². The molecule has 4 rings (SSSR count). The second-order valence-corrected chi connectivity index (χ2v) is 6.11. The van der Waals surface area contributed by atoms with Crippen molar-refractivity contribution < 1.29 is 4.79 Å². The molecule has 0 saturated heterocycles. The van der Waals surface area contributed by atoms with E-state index in [1.807, 2.05) is 24.3 Å². The minimum absolute atomic E-state index is 0.0278. The zero-order valence-corrected chi connectivity index (χ0v) is 13.1. The summed E-state index contributed by atoms with van der Waals surface area (Å²) in [4.78, 5) is 31.6. The molecule has 1 aliphatic carbocycles. The summed E-state index contributed by atoms with van der Waals surface area (Å²) in [6, 6.07) is 15.5. The number of rotatable bonds is 2. The Kier molecular flexibility index (Phi) is 3.61. The van der Waals surface area contributed by atoms with Gasteiger partial charge in [0.15, 0.2) is 5.69 Å². The predicted molar refractivity (Wildman–Crippen MR) is 92.1 cm³/mol. The summed E-state index contributed by atoms with van der Waals surface area (Å²) in [6.45, 7) is 0. The highest BCUT2D eigenvalue weighted by Crippen LogP contribution is 2.21. The highest BCUT2D eigenvalue weighted by atomic mass is 16.2. The van der Waals surface area contributed by atoms with Gasteiger partial charge in [0, 0.05) is 6.04 Å². The number of nitrogens with one attached hydrogen (secondary N) is 2. The molecular weight excluding hydrogens is 302 g/mol. The second-order valence-electron chi connectivity index (χ2n) is 6.11. The third kappa shape index (κ3) is 2.69. The summed E-state index contributed by atoms with van der Waals surface area (Å²) in [7, 11) is 0. The van der Waals surface area contributed by atoms with Crippen LogP contribution in [0.5, 0.6) is 0 Å². The number of carbonyl (C=O) groups is 1. The second kappa shape index (κ2) is 5.92. The molecule has 1 heterocycles. The van der Waals surface area contributed by atoms with E-state index < -0.39 is 11.5 Å². The summed E-state index contributed by atoms with van der Waals surface area (Å²) < 4.78 is 0. The van der Waals surface area contributed by atoms with Crippen LogP contribution in [0, 0.1) is 0 Å². The topological polar surface area (TPSA) is 74.8 Å². The molecule has 0 bridgehead atoms. The van der Waals surface area contributed by atoms with Gasteiger partial charge in [0.1, 0.15) is 0 Å². The molecule has 0 saturated carbocycles. The van der Waals surface area contributed by atoms with E-state index in [9.17, 15) is 9.59 Å². The van der Waals surface area contributed by atoms with E-state index in [0.717, 1.165) is 19.3 Å². The number of aryl methyl sites for hydroxylation is 1. The molecule has 1 aliphatic rings. The Labute approximate surface area is 138 Å². The molecule has 0 aliphatic heterocycles. The monoisotopic (exact) mass is 319 g/mol. The maximum absolute atomic E-state index is 12.5. The first-order chi connectivity index (χ1) is 11.7. The Bertz CT molecular complexity index is 978. The van der Waals surface area contributed by atoms with Crippen molar-refractivity contribution in [3.8, 4) is 0 Å². The molecule has 120 valence electrons. The molecule has 2 N–H and O–H groups in total. The molecule has 0 spiro atoms. The van der Waals surface area contributed by atoms with Gasteiger partial charge in [-0.3, -0.25) is 9.59 Å². The van der Waals surface area contributed by atoms with Gasteiger partial charge in [-0.2, -0.15) is 0 Å². The van der Waals surface area contributed by atoms with Crippen molar-refractivity contribution >= 4 is 16.9 Å². The zero-order valence-electron chi connectivity index (χ0n) is 13.1. The lowest BCUT2D eigenvalue weighted by molar-refractivity contribution is 0.0927. The van der Waals surface area contributed by atoms with Crippen molar-refractivity contribution in [2.45, 2.75) is 25.3 Å². The number of hydrogen-bond acceptors (Lipinski definition) is 3. The lowest BCUT2D eigenvalue weighted by Crippen LogP contribution is -2.41. The fourth-order valence-electron chi connectivity index (χ4n) is 3.26. The number of aromatic amines is 1. The highest BCUT2D eigenvalue weighted by Gasteiger charge is 2.22. The van der Waals surface area contributed by atoms with Crippen LogP contribution in [-0.2, 0) is 12.8 Å². The van der Waals surface area contributed by atoms with Crippen LogP contribution >= 0.6 is 0 Å². The highest BCUT2D eigenvalue weighted by molar-refractivity contribution is 5.93. The van der Waals surface area contributed by atoms with Gasteiger partial charge in [-0.1, -0.05) is 36.4 Å². The molecule has 0 radical (unpaired) electrons. The fourth-order valence-corrected chi connectivity index (χ4v) is 3.26. The first kappa shape index (κ1) is 14.6. The molecule has 1 atom stereocenters. The van der Waals surface area contributed by atoms with Crippen molar-refractivity contribution in [2.24, 2.45) is 0 Å². The molecule has 3 aromatic rings. The molecule has 1 aromatic heterocycles. The summed E-state index contributed by atoms with van der Waals surface area (Å²) >= 11 is 0.